The van der Waals surface area contributed by atoms with E-state index in [9.17, 15) is 9.59 Å². The Balaban J connectivity index is 1.47. The minimum atomic E-state index is -0.0975. The van der Waals surface area contributed by atoms with Gasteiger partial charge in [-0.2, -0.15) is 11.3 Å². The van der Waals surface area contributed by atoms with Crippen molar-refractivity contribution in [2.75, 3.05) is 25.9 Å². The third kappa shape index (κ3) is 6.94. The van der Waals surface area contributed by atoms with Gasteiger partial charge in [-0.15, -0.1) is 0 Å². The van der Waals surface area contributed by atoms with E-state index in [-0.39, 0.29) is 17.2 Å². The molecule has 2 amide bonds. The van der Waals surface area contributed by atoms with Gasteiger partial charge in [0.2, 0.25) is 0 Å². The summed E-state index contributed by atoms with van der Waals surface area (Å²) in [7, 11) is 0. The van der Waals surface area contributed by atoms with Crippen molar-refractivity contribution in [1.82, 2.24) is 20.1 Å². The topological polar surface area (TPSA) is 65.5 Å². The molecule has 0 bridgehead atoms. The van der Waals surface area contributed by atoms with Gasteiger partial charge in [-0.05, 0) is 80.3 Å². The fraction of sp³-hybridized carbons (Fsp3) is 0.542. The van der Waals surface area contributed by atoms with Gasteiger partial charge >= 0.3 is 0 Å². The van der Waals surface area contributed by atoms with Gasteiger partial charge in [0.25, 0.3) is 11.1 Å². The summed E-state index contributed by atoms with van der Waals surface area (Å²) in [5.74, 6) is -0.0975. The van der Waals surface area contributed by atoms with E-state index in [4.69, 9.17) is 11.6 Å². The van der Waals surface area contributed by atoms with Crippen molar-refractivity contribution >= 4 is 45.8 Å². The van der Waals surface area contributed by atoms with Crippen molar-refractivity contribution in [2.45, 2.75) is 58.7 Å². The maximum atomic E-state index is 12.6. The van der Waals surface area contributed by atoms with Crippen molar-refractivity contribution in [3.63, 3.8) is 0 Å². The number of hydrogen-bond donors (Lipinski definition) is 1. The van der Waals surface area contributed by atoms with Gasteiger partial charge in [-0.1, -0.05) is 23.4 Å². The molecule has 1 aliphatic heterocycles. The van der Waals surface area contributed by atoms with Crippen LogP contribution in [0.5, 0.6) is 0 Å². The first-order chi connectivity index (χ1) is 15.8. The third-order valence-corrected chi connectivity index (χ3v) is 7.86. The molecular weight excluding hydrogens is 476 g/mol. The highest BCUT2D eigenvalue weighted by atomic mass is 35.5. The Bertz CT molecular complexity index is 923. The molecule has 180 valence electrons. The molecule has 0 unspecified atom stereocenters. The van der Waals surface area contributed by atoms with Crippen molar-refractivity contribution in [1.29, 1.82) is 0 Å². The molecule has 1 fully saturated rings. The lowest BCUT2D eigenvalue weighted by molar-refractivity contribution is 0.0925. The van der Waals surface area contributed by atoms with Crippen LogP contribution >= 0.6 is 34.7 Å². The minimum absolute atomic E-state index is 0.0975. The Labute approximate surface area is 210 Å². The van der Waals surface area contributed by atoms with Crippen LogP contribution in [0.4, 0.5) is 4.79 Å². The maximum Gasteiger partial charge on any atom is 0.281 e. The van der Waals surface area contributed by atoms with Gasteiger partial charge < -0.3 is 15.1 Å². The molecule has 0 aromatic carbocycles. The Hall–Kier alpha value is -1.61. The number of carbonyl (C=O) groups is 2. The first kappa shape index (κ1) is 26.0. The number of thioether (sulfide) groups is 1. The van der Waals surface area contributed by atoms with Crippen LogP contribution in [0.1, 0.15) is 53.4 Å². The molecule has 6 nitrogen and oxygen atoms in total. The van der Waals surface area contributed by atoms with Crippen molar-refractivity contribution in [3.8, 4) is 0 Å². The highest BCUT2D eigenvalue weighted by molar-refractivity contribution is 8.12. The number of rotatable bonds is 8. The Morgan fingerprint density at radius 1 is 1.36 bits per heavy atom. The number of pyridine rings is 1. The van der Waals surface area contributed by atoms with E-state index >= 15 is 0 Å². The number of aryl methyl sites for hydroxylation is 2. The lowest BCUT2D eigenvalue weighted by Crippen LogP contribution is -2.48. The van der Waals surface area contributed by atoms with Gasteiger partial charge in [-0.3, -0.25) is 9.59 Å². The number of nitrogens with zero attached hydrogens (tertiary/aromatic N) is 3. The molecule has 2 aromatic rings. The van der Waals surface area contributed by atoms with E-state index in [1.165, 1.54) is 17.3 Å². The SMILES string of the molecule is CSC(=O)N(Cc1ccsc1)C1CCN([C@H](C)CCNC(=O)c2c(C)cc(Cl)nc2C)CC1. The van der Waals surface area contributed by atoms with Crippen molar-refractivity contribution in [3.05, 3.63) is 50.4 Å². The summed E-state index contributed by atoms with van der Waals surface area (Å²) in [4.78, 5) is 33.9. The van der Waals surface area contributed by atoms with Crippen LogP contribution in [-0.2, 0) is 6.54 Å². The first-order valence-corrected chi connectivity index (χ1v) is 13.9. The molecule has 1 N–H and O–H groups in total. The summed E-state index contributed by atoms with van der Waals surface area (Å²) in [5.41, 5.74) is 3.30. The fourth-order valence-electron chi connectivity index (χ4n) is 4.47. The predicted octanol–water partition coefficient (Wildman–Crippen LogP) is 5.37. The van der Waals surface area contributed by atoms with Crippen LogP contribution in [0.25, 0.3) is 0 Å². The molecule has 0 aliphatic carbocycles. The number of piperidine rings is 1. The van der Waals surface area contributed by atoms with Gasteiger partial charge in [0.05, 0.1) is 11.3 Å². The Morgan fingerprint density at radius 3 is 2.70 bits per heavy atom. The average Bonchev–Trinajstić information content (AvgIpc) is 3.29. The molecule has 3 heterocycles. The van der Waals surface area contributed by atoms with E-state index in [0.717, 1.165) is 37.9 Å². The van der Waals surface area contributed by atoms with Crippen LogP contribution in [0, 0.1) is 13.8 Å². The largest absolute Gasteiger partial charge is 0.352 e. The maximum absolute atomic E-state index is 12.6. The quantitative estimate of drug-likeness (QED) is 0.485. The summed E-state index contributed by atoms with van der Waals surface area (Å²) < 4.78 is 0. The second-order valence-electron chi connectivity index (χ2n) is 8.61. The average molecular weight is 509 g/mol. The van der Waals surface area contributed by atoms with Gasteiger partial charge in [0, 0.05) is 38.3 Å². The monoisotopic (exact) mass is 508 g/mol. The summed E-state index contributed by atoms with van der Waals surface area (Å²) in [5, 5.41) is 7.78. The second-order valence-corrected chi connectivity index (χ2v) is 10.5. The number of nitrogens with one attached hydrogen (secondary N) is 1. The fourth-order valence-corrected chi connectivity index (χ4v) is 5.87. The zero-order chi connectivity index (χ0) is 24.0. The number of carbonyl (C=O) groups excluding carboxylic acids is 2. The lowest BCUT2D eigenvalue weighted by atomic mass is 10.0. The van der Waals surface area contributed by atoms with Crippen LogP contribution in [0.15, 0.2) is 22.9 Å². The standard InChI is InChI=1S/C24H33ClN4O2S2/c1-16-13-21(25)27-18(3)22(16)23(30)26-9-5-17(2)28-10-6-20(7-11-28)29(24(31)32-4)14-19-8-12-33-15-19/h8,12-13,15,17,20H,5-7,9-11,14H2,1-4H3,(H,26,30)/t17-/m1/s1. The lowest BCUT2D eigenvalue weighted by Gasteiger charge is -2.40. The van der Waals surface area contributed by atoms with Gasteiger partial charge in [0.1, 0.15) is 5.15 Å². The van der Waals surface area contributed by atoms with E-state index < -0.39 is 0 Å². The van der Waals surface area contributed by atoms with Crippen LogP contribution < -0.4 is 5.32 Å². The number of amides is 2. The molecule has 9 heteroatoms. The number of likely N-dealkylation sites (tertiary alicyclic amines) is 1. The molecule has 1 atom stereocenters. The van der Waals surface area contributed by atoms with Crippen LogP contribution in [-0.4, -0.2) is 63.9 Å². The minimum Gasteiger partial charge on any atom is -0.352 e. The predicted molar refractivity (Wildman–Crippen MR) is 139 cm³/mol. The highest BCUT2D eigenvalue weighted by Crippen LogP contribution is 2.24. The first-order valence-electron chi connectivity index (χ1n) is 11.3. The summed E-state index contributed by atoms with van der Waals surface area (Å²) in [6.45, 7) is 9.12. The zero-order valence-electron chi connectivity index (χ0n) is 19.8. The van der Waals surface area contributed by atoms with E-state index in [1.807, 2.05) is 25.0 Å². The smallest absolute Gasteiger partial charge is 0.281 e. The molecule has 2 aromatic heterocycles. The number of aromatic nitrogens is 1. The van der Waals surface area contributed by atoms with Crippen molar-refractivity contribution in [2.24, 2.45) is 0 Å². The molecular formula is C24H33ClN4O2S2. The highest BCUT2D eigenvalue weighted by Gasteiger charge is 2.29. The van der Waals surface area contributed by atoms with E-state index in [2.05, 4.69) is 39.0 Å². The molecule has 0 spiro atoms. The molecule has 33 heavy (non-hydrogen) atoms. The van der Waals surface area contributed by atoms with Gasteiger partial charge in [0.15, 0.2) is 0 Å². The van der Waals surface area contributed by atoms with E-state index in [1.54, 1.807) is 17.4 Å². The molecule has 0 radical (unpaired) electrons. The summed E-state index contributed by atoms with van der Waals surface area (Å²) in [6, 6.07) is 4.45. The third-order valence-electron chi connectivity index (χ3n) is 6.35. The Morgan fingerprint density at radius 2 is 2.09 bits per heavy atom. The van der Waals surface area contributed by atoms with E-state index in [0.29, 0.717) is 35.5 Å². The molecule has 1 aliphatic rings. The van der Waals surface area contributed by atoms with Crippen LogP contribution in [0.2, 0.25) is 5.15 Å². The van der Waals surface area contributed by atoms with Crippen LogP contribution in [0.3, 0.4) is 0 Å². The molecule has 0 saturated carbocycles. The molecule has 1 saturated heterocycles. The van der Waals surface area contributed by atoms with Crippen molar-refractivity contribution < 1.29 is 9.59 Å². The molecule has 3 rings (SSSR count). The number of hydrogen-bond acceptors (Lipinski definition) is 6. The Kier molecular flexibility index (Phi) is 9.61. The normalized spacial score (nSPS) is 15.9. The summed E-state index contributed by atoms with van der Waals surface area (Å²) >= 11 is 8.94. The summed E-state index contributed by atoms with van der Waals surface area (Å²) in [6.07, 6.45) is 4.68. The number of halogens is 1. The van der Waals surface area contributed by atoms with Gasteiger partial charge in [-0.25, -0.2) is 4.98 Å². The second kappa shape index (κ2) is 12.2. The number of thiophene rings is 1. The zero-order valence-corrected chi connectivity index (χ0v) is 22.2.